The SMILES string of the molecule is COc1ccc(C(OC[C@H]2O[C@@H](n3cnc4c(=O)[nH]c(N)nc43)[C@H](OCO[Si](C(C)C)(C(C)C)C(C)C)[C@@H]2O)(c2ccccc2)c2ccc(OC)cc2)cc1. The molecule has 1 aliphatic rings. The molecule has 6 rings (SSSR count). The van der Waals surface area contributed by atoms with Gasteiger partial charge in [0, 0.05) is 0 Å². The van der Waals surface area contributed by atoms with Crippen LogP contribution in [-0.4, -0.2) is 78.9 Å². The van der Waals surface area contributed by atoms with Gasteiger partial charge in [0.15, 0.2) is 17.4 Å². The predicted octanol–water partition coefficient (Wildman–Crippen LogP) is 6.52. The van der Waals surface area contributed by atoms with Gasteiger partial charge >= 0.3 is 0 Å². The second kappa shape index (κ2) is 16.7. The Hall–Kier alpha value is -4.57. The Morgan fingerprint density at radius 3 is 1.95 bits per heavy atom. The van der Waals surface area contributed by atoms with Gasteiger partial charge in [0.2, 0.25) is 14.3 Å². The molecule has 0 saturated carbocycles. The highest BCUT2D eigenvalue weighted by atomic mass is 28.4. The maximum absolute atomic E-state index is 12.8. The van der Waals surface area contributed by atoms with Crippen LogP contribution in [0.1, 0.15) is 64.5 Å². The number of fused-ring (bicyclic) bond motifs is 1. The van der Waals surface area contributed by atoms with Crippen LogP contribution >= 0.6 is 0 Å². The van der Waals surface area contributed by atoms with E-state index in [-0.39, 0.29) is 30.5 Å². The minimum absolute atomic E-state index is 0.0651. The monoisotopic (exact) mass is 771 g/mol. The van der Waals surface area contributed by atoms with E-state index in [1.165, 1.54) is 6.33 Å². The van der Waals surface area contributed by atoms with Crippen molar-refractivity contribution < 1.29 is 33.2 Å². The van der Waals surface area contributed by atoms with Gasteiger partial charge in [-0.05, 0) is 57.6 Å². The Labute approximate surface area is 322 Å². The van der Waals surface area contributed by atoms with Crippen LogP contribution in [0.15, 0.2) is 90.0 Å². The Morgan fingerprint density at radius 1 is 0.873 bits per heavy atom. The third kappa shape index (κ3) is 7.54. The third-order valence-electron chi connectivity index (χ3n) is 11.0. The molecule has 13 nitrogen and oxygen atoms in total. The largest absolute Gasteiger partial charge is 0.497 e. The van der Waals surface area contributed by atoms with Crippen LogP contribution < -0.4 is 20.8 Å². The molecule has 0 aliphatic carbocycles. The quantitative estimate of drug-likeness (QED) is 0.0568. The molecule has 1 fully saturated rings. The Morgan fingerprint density at radius 2 is 1.42 bits per heavy atom. The van der Waals surface area contributed by atoms with E-state index in [1.807, 2.05) is 78.9 Å². The first-order valence-electron chi connectivity index (χ1n) is 18.7. The summed E-state index contributed by atoms with van der Waals surface area (Å²) in [4.78, 5) is 24.0. The smallest absolute Gasteiger partial charge is 0.280 e. The molecule has 5 aromatic rings. The van der Waals surface area contributed by atoms with Crippen LogP contribution in [0.2, 0.25) is 16.6 Å². The van der Waals surface area contributed by atoms with Gasteiger partial charge in [-0.25, -0.2) is 4.98 Å². The van der Waals surface area contributed by atoms with Gasteiger partial charge in [-0.15, -0.1) is 0 Å². The number of aliphatic hydroxyl groups is 1. The molecule has 2 aromatic heterocycles. The molecule has 294 valence electrons. The Bertz CT molecular complexity index is 2000. The number of hydrogen-bond donors (Lipinski definition) is 3. The van der Waals surface area contributed by atoms with Crippen molar-refractivity contribution in [2.75, 3.05) is 33.4 Å². The normalized spacial score (nSPS) is 19.2. The zero-order valence-electron chi connectivity index (χ0n) is 32.8. The van der Waals surface area contributed by atoms with Gasteiger partial charge in [-0.2, -0.15) is 4.98 Å². The van der Waals surface area contributed by atoms with Crippen LogP contribution in [-0.2, 0) is 24.2 Å². The summed E-state index contributed by atoms with van der Waals surface area (Å²) in [7, 11) is 0.911. The van der Waals surface area contributed by atoms with Crippen LogP contribution in [0.3, 0.4) is 0 Å². The van der Waals surface area contributed by atoms with Gasteiger partial charge in [0.25, 0.3) is 5.56 Å². The van der Waals surface area contributed by atoms with Crippen molar-refractivity contribution in [3.63, 3.8) is 0 Å². The van der Waals surface area contributed by atoms with Gasteiger partial charge in [-0.1, -0.05) is 96.1 Å². The molecule has 4 N–H and O–H groups in total. The van der Waals surface area contributed by atoms with E-state index in [9.17, 15) is 9.90 Å². The second-order valence-corrected chi connectivity index (χ2v) is 20.3. The maximum atomic E-state index is 12.8. The first kappa shape index (κ1) is 40.1. The number of ether oxygens (including phenoxy) is 5. The van der Waals surface area contributed by atoms with Gasteiger partial charge in [0.1, 0.15) is 42.2 Å². The number of aliphatic hydroxyl groups excluding tert-OH is 1. The number of nitrogens with two attached hydrogens (primary N) is 1. The molecule has 3 heterocycles. The first-order chi connectivity index (χ1) is 26.4. The molecule has 0 radical (unpaired) electrons. The number of rotatable bonds is 16. The average molecular weight is 772 g/mol. The van der Waals surface area contributed by atoms with Gasteiger partial charge < -0.3 is 39.0 Å². The summed E-state index contributed by atoms with van der Waals surface area (Å²) >= 11 is 0. The lowest BCUT2D eigenvalue weighted by Crippen LogP contribution is -2.49. The number of methoxy groups -OCH3 is 2. The molecule has 0 unspecified atom stereocenters. The molecule has 0 spiro atoms. The molecule has 0 bridgehead atoms. The molecule has 3 aromatic carbocycles. The number of benzene rings is 3. The standard InChI is InChI=1S/C41H53N5O8Si/c1-25(2)55(26(3)4,27(5)6)53-24-51-36-35(47)33(54-39(36)46-23-43-34-37(46)44-40(42)45-38(34)48)22-52-41(28-12-10-9-11-13-28,29-14-18-31(49-7)19-15-29)30-16-20-32(50-8)21-17-30/h9-21,23,25-27,33,35-36,39,47H,22,24H2,1-8H3,(H3,42,44,45,48)/t33-,35-,36-,39-/m1/s1. The summed E-state index contributed by atoms with van der Waals surface area (Å²) in [5, 5.41) is 12.1. The lowest BCUT2D eigenvalue weighted by atomic mass is 9.80. The highest BCUT2D eigenvalue weighted by molar-refractivity contribution is 6.77. The number of aromatic amines is 1. The van der Waals surface area contributed by atoms with Crippen molar-refractivity contribution in [1.82, 2.24) is 19.5 Å². The van der Waals surface area contributed by atoms with E-state index >= 15 is 0 Å². The fraction of sp³-hybridized carbons (Fsp3) is 0.439. The van der Waals surface area contributed by atoms with Gasteiger partial charge in [-0.3, -0.25) is 14.3 Å². The second-order valence-electron chi connectivity index (χ2n) is 14.9. The molecule has 1 aliphatic heterocycles. The minimum Gasteiger partial charge on any atom is -0.497 e. The van der Waals surface area contributed by atoms with Crippen LogP contribution in [0.25, 0.3) is 11.2 Å². The molecule has 0 amide bonds. The fourth-order valence-electron chi connectivity index (χ4n) is 8.39. The molecule has 4 atom stereocenters. The van der Waals surface area contributed by atoms with Crippen molar-refractivity contribution in [3.8, 4) is 11.5 Å². The number of H-pyrrole nitrogens is 1. The number of imidazole rings is 1. The number of nitrogens with zero attached hydrogens (tertiary/aromatic N) is 3. The highest BCUT2D eigenvalue weighted by Gasteiger charge is 2.50. The molecule has 1 saturated heterocycles. The number of nitrogens with one attached hydrogen (secondary N) is 1. The Kier molecular flexibility index (Phi) is 12.1. The highest BCUT2D eigenvalue weighted by Crippen LogP contribution is 2.45. The fourth-order valence-corrected chi connectivity index (χ4v) is 13.7. The van der Waals surface area contributed by atoms with Crippen molar-refractivity contribution >= 4 is 25.4 Å². The topological polar surface area (TPSA) is 165 Å². The third-order valence-corrected chi connectivity index (χ3v) is 17.0. The van der Waals surface area contributed by atoms with Crippen molar-refractivity contribution in [3.05, 3.63) is 112 Å². The zero-order valence-corrected chi connectivity index (χ0v) is 33.8. The summed E-state index contributed by atoms with van der Waals surface area (Å²) in [6.45, 7) is 13.1. The molecule has 55 heavy (non-hydrogen) atoms. The zero-order chi connectivity index (χ0) is 39.5. The maximum Gasteiger partial charge on any atom is 0.280 e. The van der Waals surface area contributed by atoms with E-state index in [0.29, 0.717) is 28.1 Å². The van der Waals surface area contributed by atoms with E-state index in [4.69, 9.17) is 33.8 Å². The van der Waals surface area contributed by atoms with E-state index in [2.05, 4.69) is 56.5 Å². The lowest BCUT2D eigenvalue weighted by Gasteiger charge is -2.42. The van der Waals surface area contributed by atoms with E-state index in [1.54, 1.807) is 18.8 Å². The number of hydrogen-bond acceptors (Lipinski definition) is 11. The summed E-state index contributed by atoms with van der Waals surface area (Å²) < 4.78 is 39.6. The van der Waals surface area contributed by atoms with Crippen molar-refractivity contribution in [2.45, 2.75) is 88.3 Å². The lowest BCUT2D eigenvalue weighted by molar-refractivity contribution is -0.114. The average Bonchev–Trinajstić information content (AvgIpc) is 3.74. The van der Waals surface area contributed by atoms with Crippen molar-refractivity contribution in [1.29, 1.82) is 0 Å². The van der Waals surface area contributed by atoms with Crippen LogP contribution in [0.5, 0.6) is 11.5 Å². The number of anilines is 1. The predicted molar refractivity (Wildman–Crippen MR) is 213 cm³/mol. The van der Waals surface area contributed by atoms with Crippen molar-refractivity contribution in [2.24, 2.45) is 0 Å². The molecular weight excluding hydrogens is 719 g/mol. The van der Waals surface area contributed by atoms with Crippen LogP contribution in [0, 0.1) is 0 Å². The number of aromatic nitrogens is 4. The molecular formula is C41H53N5O8Si. The van der Waals surface area contributed by atoms with E-state index < -0.39 is 44.0 Å². The first-order valence-corrected chi connectivity index (χ1v) is 20.8. The van der Waals surface area contributed by atoms with Crippen LogP contribution in [0.4, 0.5) is 5.95 Å². The van der Waals surface area contributed by atoms with E-state index in [0.717, 1.165) is 16.7 Å². The number of nitrogen functional groups attached to an aromatic ring is 1. The Balaban J connectivity index is 1.40. The summed E-state index contributed by atoms with van der Waals surface area (Å²) in [6.07, 6.45) is -2.58. The van der Waals surface area contributed by atoms with Gasteiger partial charge in [0.05, 0.1) is 27.2 Å². The minimum atomic E-state index is -2.34. The summed E-state index contributed by atoms with van der Waals surface area (Å²) in [6, 6.07) is 25.3. The molecule has 14 heteroatoms. The summed E-state index contributed by atoms with van der Waals surface area (Å²) in [5.41, 5.74) is 8.04. The summed E-state index contributed by atoms with van der Waals surface area (Å²) in [5.74, 6) is 1.31.